The summed E-state index contributed by atoms with van der Waals surface area (Å²) in [6.07, 6.45) is -6.70. The summed E-state index contributed by atoms with van der Waals surface area (Å²) in [4.78, 5) is 34.5. The van der Waals surface area contributed by atoms with Gasteiger partial charge >= 0.3 is 17.9 Å². The molecule has 1 N–H and O–H groups in total. The van der Waals surface area contributed by atoms with Gasteiger partial charge in [-0.15, -0.1) is 0 Å². The molecule has 2 rings (SSSR count). The van der Waals surface area contributed by atoms with Crippen molar-refractivity contribution < 1.29 is 44.5 Å². The molecule has 0 amide bonds. The van der Waals surface area contributed by atoms with Gasteiger partial charge in [-0.1, -0.05) is 30.3 Å². The van der Waals surface area contributed by atoms with E-state index < -0.39 is 55.2 Å². The highest BCUT2D eigenvalue weighted by Gasteiger charge is 2.51. The maximum absolute atomic E-state index is 11.6. The minimum Gasteiger partial charge on any atom is -0.456 e. The average molecular weight is 397 g/mol. The van der Waals surface area contributed by atoms with Crippen LogP contribution >= 0.6 is 0 Å². The van der Waals surface area contributed by atoms with Crippen LogP contribution in [-0.2, 0) is 44.7 Å². The van der Waals surface area contributed by atoms with E-state index in [0.29, 0.717) is 5.56 Å². The maximum atomic E-state index is 11.6. The minimum absolute atomic E-state index is 0.261. The number of hydrogen-bond acceptors (Lipinski definition) is 9. The van der Waals surface area contributed by atoms with Crippen LogP contribution < -0.4 is 0 Å². The Kier molecular flexibility index (Phi) is 7.35. The molecule has 1 fully saturated rings. The van der Waals surface area contributed by atoms with Crippen molar-refractivity contribution in [3.05, 3.63) is 35.9 Å². The van der Waals surface area contributed by atoms with Crippen LogP contribution in [0.1, 0.15) is 27.7 Å². The molecular weight excluding hydrogens is 372 g/mol. The zero-order valence-corrected chi connectivity index (χ0v) is 15.8. The highest BCUT2D eigenvalue weighted by Crippen LogP contribution is 2.28. The number of carbonyl (C=O) groups excluding carboxylic acids is 3. The molecule has 1 aromatic carbocycles. The summed E-state index contributed by atoms with van der Waals surface area (Å²) in [6, 6.07) is 8.71. The predicted octanol–water partition coefficient (Wildman–Crippen LogP) is 0.715. The molecule has 154 valence electrons. The highest BCUT2D eigenvalue weighted by atomic mass is 16.7. The number of benzene rings is 1. The molecule has 1 aliphatic rings. The molecule has 0 aromatic heterocycles. The Morgan fingerprint density at radius 3 is 2.07 bits per heavy atom. The number of aliphatic hydroxyl groups excluding tert-OH is 1. The first kappa shape index (κ1) is 20.2. The predicted molar refractivity (Wildman–Crippen MR) is 93.6 cm³/mol. The summed E-state index contributed by atoms with van der Waals surface area (Å²) < 4.78 is 34.4. The van der Waals surface area contributed by atoms with Gasteiger partial charge in [0.25, 0.3) is 0 Å². The van der Waals surface area contributed by atoms with Crippen LogP contribution in [0.15, 0.2) is 30.3 Å². The van der Waals surface area contributed by atoms with Gasteiger partial charge in [-0.05, 0) is 5.56 Å². The average Bonchev–Trinajstić information content (AvgIpc) is 2.65. The molecule has 0 radical (unpaired) electrons. The summed E-state index contributed by atoms with van der Waals surface area (Å²) in [7, 11) is 0. The Labute approximate surface area is 163 Å². The second kappa shape index (κ2) is 10.2. The van der Waals surface area contributed by atoms with Crippen LogP contribution in [0.2, 0.25) is 0 Å². The zero-order chi connectivity index (χ0) is 21.6. The Hall–Kier alpha value is -2.49. The lowest BCUT2D eigenvalue weighted by atomic mass is 9.98. The normalized spacial score (nSPS) is 28.6. The van der Waals surface area contributed by atoms with Crippen LogP contribution in [0, 0.1) is 0 Å². The summed E-state index contributed by atoms with van der Waals surface area (Å²) in [5.41, 5.74) is 0.585. The minimum atomic E-state index is -1.66. The molecule has 6 atom stereocenters. The standard InChI is InChI=1S/C19H24O9/c1-11(20)25-16-15(10-24-9-14-7-5-4-6-8-14)28-19(23)18(27-13(3)22)17(16)26-12(2)21/h4-8,15-19,23H,9-10H2,1-3H3/t15-,16+,17+,18-,19?/m1/s1/i9D/t9?,15-,16+,17+,18-,19?. The quantitative estimate of drug-likeness (QED) is 0.524. The number of hydrogen-bond donors (Lipinski definition) is 1. The molecule has 1 heterocycles. The second-order valence-electron chi connectivity index (χ2n) is 6.15. The second-order valence-corrected chi connectivity index (χ2v) is 6.15. The highest BCUT2D eigenvalue weighted by molar-refractivity contribution is 5.68. The van der Waals surface area contributed by atoms with E-state index >= 15 is 0 Å². The number of esters is 3. The van der Waals surface area contributed by atoms with Crippen molar-refractivity contribution in [1.29, 1.82) is 0 Å². The van der Waals surface area contributed by atoms with Gasteiger partial charge in [-0.3, -0.25) is 14.4 Å². The Balaban J connectivity index is 2.21. The van der Waals surface area contributed by atoms with Gasteiger partial charge in [-0.25, -0.2) is 0 Å². The van der Waals surface area contributed by atoms with Gasteiger partial charge in [0.15, 0.2) is 24.6 Å². The van der Waals surface area contributed by atoms with Gasteiger partial charge in [0.05, 0.1) is 14.6 Å². The molecule has 2 unspecified atom stereocenters. The molecule has 0 aliphatic carbocycles. The van der Waals surface area contributed by atoms with Crippen molar-refractivity contribution in [2.75, 3.05) is 6.61 Å². The van der Waals surface area contributed by atoms with Gasteiger partial charge in [0.2, 0.25) is 0 Å². The number of aliphatic hydroxyl groups is 1. The van der Waals surface area contributed by atoms with E-state index in [1.165, 1.54) is 0 Å². The van der Waals surface area contributed by atoms with E-state index in [1.807, 2.05) is 0 Å². The van der Waals surface area contributed by atoms with Gasteiger partial charge in [0.1, 0.15) is 6.10 Å². The van der Waals surface area contributed by atoms with Crippen molar-refractivity contribution in [1.82, 2.24) is 0 Å². The summed E-state index contributed by atoms with van der Waals surface area (Å²) in [5, 5.41) is 10.3. The van der Waals surface area contributed by atoms with Gasteiger partial charge in [-0.2, -0.15) is 0 Å². The van der Waals surface area contributed by atoms with E-state index in [9.17, 15) is 19.5 Å². The summed E-state index contributed by atoms with van der Waals surface area (Å²) in [5.74, 6) is -2.19. The fourth-order valence-electron chi connectivity index (χ4n) is 2.78. The fraction of sp³-hybridized carbons (Fsp3) is 0.526. The maximum Gasteiger partial charge on any atom is 0.303 e. The van der Waals surface area contributed by atoms with E-state index in [0.717, 1.165) is 20.8 Å². The monoisotopic (exact) mass is 397 g/mol. The third kappa shape index (κ3) is 6.29. The molecule has 9 heteroatoms. The third-order valence-corrected chi connectivity index (χ3v) is 3.79. The van der Waals surface area contributed by atoms with Crippen LogP contribution in [0.4, 0.5) is 0 Å². The lowest BCUT2D eigenvalue weighted by molar-refractivity contribution is -0.297. The molecule has 0 spiro atoms. The van der Waals surface area contributed by atoms with E-state index in [4.69, 9.17) is 25.1 Å². The van der Waals surface area contributed by atoms with E-state index in [2.05, 4.69) is 0 Å². The summed E-state index contributed by atoms with van der Waals surface area (Å²) >= 11 is 0. The number of rotatable bonds is 7. The lowest BCUT2D eigenvalue weighted by Gasteiger charge is -2.42. The molecule has 9 nitrogen and oxygen atoms in total. The lowest BCUT2D eigenvalue weighted by Crippen LogP contribution is -2.62. The van der Waals surface area contributed by atoms with Crippen LogP contribution in [-0.4, -0.2) is 60.3 Å². The fourth-order valence-corrected chi connectivity index (χ4v) is 2.78. The van der Waals surface area contributed by atoms with Crippen molar-refractivity contribution in [2.24, 2.45) is 0 Å². The van der Waals surface area contributed by atoms with Gasteiger partial charge in [0, 0.05) is 20.8 Å². The van der Waals surface area contributed by atoms with Crippen molar-refractivity contribution >= 4 is 17.9 Å². The molecule has 1 aliphatic heterocycles. The topological polar surface area (TPSA) is 118 Å². The van der Waals surface area contributed by atoms with E-state index in [1.54, 1.807) is 30.3 Å². The smallest absolute Gasteiger partial charge is 0.303 e. The number of carbonyl (C=O) groups is 3. The molecule has 0 bridgehead atoms. The Morgan fingerprint density at radius 1 is 0.964 bits per heavy atom. The van der Waals surface area contributed by atoms with Crippen LogP contribution in [0.5, 0.6) is 0 Å². The molecule has 1 saturated heterocycles. The van der Waals surface area contributed by atoms with Gasteiger partial charge < -0.3 is 28.8 Å². The van der Waals surface area contributed by atoms with Crippen LogP contribution in [0.25, 0.3) is 0 Å². The number of ether oxygens (including phenoxy) is 5. The largest absolute Gasteiger partial charge is 0.456 e. The molecule has 28 heavy (non-hydrogen) atoms. The first-order valence-corrected chi connectivity index (χ1v) is 8.63. The Morgan fingerprint density at radius 2 is 1.50 bits per heavy atom. The zero-order valence-electron chi connectivity index (χ0n) is 16.8. The third-order valence-electron chi connectivity index (χ3n) is 3.79. The van der Waals surface area contributed by atoms with E-state index in [-0.39, 0.29) is 6.61 Å². The summed E-state index contributed by atoms with van der Waals surface area (Å²) in [6.45, 7) is 2.05. The first-order chi connectivity index (χ1) is 13.7. The Bertz CT molecular complexity index is 711. The molecule has 0 saturated carbocycles. The van der Waals surface area contributed by atoms with Crippen molar-refractivity contribution in [3.8, 4) is 0 Å². The van der Waals surface area contributed by atoms with Crippen molar-refractivity contribution in [2.45, 2.75) is 58.1 Å². The van der Waals surface area contributed by atoms with Crippen molar-refractivity contribution in [3.63, 3.8) is 0 Å². The molecule has 1 aromatic rings. The molecular formula is C19H24O9. The van der Waals surface area contributed by atoms with Crippen LogP contribution in [0.3, 0.4) is 0 Å². The first-order valence-electron chi connectivity index (χ1n) is 9.20. The SMILES string of the molecule is [2H]C(OC[C@H]1OC(O)[C@H](OC(C)=O)[C@@H](OC(C)=O)[C@H]1OC(C)=O)c1ccccc1.